The van der Waals surface area contributed by atoms with Crippen LogP contribution in [0, 0.1) is 11.8 Å². The third-order valence-corrected chi connectivity index (χ3v) is 12.6. The van der Waals surface area contributed by atoms with Crippen LogP contribution in [-0.4, -0.2) is 76.3 Å². The zero-order valence-electron chi connectivity index (χ0n) is 31.3. The number of para-hydroxylation sites is 1. The van der Waals surface area contributed by atoms with E-state index in [0.717, 1.165) is 44.8 Å². The Balaban J connectivity index is 1.16. The van der Waals surface area contributed by atoms with E-state index in [1.54, 1.807) is 24.3 Å². The van der Waals surface area contributed by atoms with Crippen molar-refractivity contribution in [2.45, 2.75) is 61.9 Å². The number of carbonyl (C=O) groups is 2. The Kier molecular flexibility index (Phi) is 13.0. The van der Waals surface area contributed by atoms with E-state index in [0.29, 0.717) is 17.7 Å². The standard InChI is InChI=1S/C41H41Cl2F2N3O9S/c1-53-33-8-3-2-7-29(33)38(40(50)56-37-22-48-15-13-25(37)14-16-48)47-58(51,52)28-6-4-5-27(17-28)39(49)55-35(19-30-31(42)20-46-21-32(30)43)26-11-12-34(57-41(44)45)36(18-26)54-23-24-9-10-24/h2-8,11-12,17-18,20-21,24-25,35,37-38,41,47H,9-10,13-16,19,22-23H2,1H3/t35-,37-,38?/m0/s1. The summed E-state index contributed by atoms with van der Waals surface area (Å²) in [5.74, 6) is -1.17. The molecule has 4 aromatic rings. The number of hydrogen-bond donors (Lipinski definition) is 1. The number of piperidine rings is 3. The first kappa shape index (κ1) is 41.6. The van der Waals surface area contributed by atoms with Gasteiger partial charge in [0.1, 0.15) is 24.0 Å². The van der Waals surface area contributed by atoms with Crippen LogP contribution in [0.25, 0.3) is 0 Å². The summed E-state index contributed by atoms with van der Waals surface area (Å²) in [7, 11) is -3.10. The summed E-state index contributed by atoms with van der Waals surface area (Å²) in [6, 6.07) is 14.4. The summed E-state index contributed by atoms with van der Waals surface area (Å²) in [6.45, 7) is -0.430. The molecule has 0 spiro atoms. The number of methoxy groups -OCH3 is 1. The number of nitrogens with zero attached hydrogens (tertiary/aromatic N) is 2. The van der Waals surface area contributed by atoms with Crippen LogP contribution in [-0.2, 0) is 30.7 Å². The van der Waals surface area contributed by atoms with Gasteiger partial charge in [-0.1, -0.05) is 53.5 Å². The van der Waals surface area contributed by atoms with Crippen molar-refractivity contribution >= 4 is 45.2 Å². The second kappa shape index (κ2) is 18.2. The number of benzene rings is 3. The predicted octanol–water partition coefficient (Wildman–Crippen LogP) is 7.59. The van der Waals surface area contributed by atoms with Gasteiger partial charge in [-0.05, 0) is 98.1 Å². The summed E-state index contributed by atoms with van der Waals surface area (Å²) in [5, 5.41) is 0.374. The molecule has 0 radical (unpaired) electrons. The van der Waals surface area contributed by atoms with E-state index < -0.39 is 46.8 Å². The molecule has 4 heterocycles. The molecule has 8 rings (SSSR count). The van der Waals surface area contributed by atoms with Crippen LogP contribution in [0.3, 0.4) is 0 Å². The largest absolute Gasteiger partial charge is 0.496 e. The third-order valence-electron chi connectivity index (χ3n) is 10.5. The minimum absolute atomic E-state index is 0.0217. The summed E-state index contributed by atoms with van der Waals surface area (Å²) in [5.41, 5.74) is 0.817. The molecule has 1 unspecified atom stereocenters. The molecular formula is C41H41Cl2F2N3O9S. The zero-order valence-corrected chi connectivity index (χ0v) is 33.7. The van der Waals surface area contributed by atoms with Crippen molar-refractivity contribution in [3.8, 4) is 17.2 Å². The van der Waals surface area contributed by atoms with Crippen LogP contribution in [0.2, 0.25) is 10.0 Å². The molecule has 4 fully saturated rings. The molecule has 58 heavy (non-hydrogen) atoms. The number of aromatic nitrogens is 1. The Morgan fingerprint density at radius 3 is 2.34 bits per heavy atom. The van der Waals surface area contributed by atoms with E-state index in [-0.39, 0.29) is 68.2 Å². The molecule has 1 aliphatic carbocycles. The Bertz CT molecular complexity index is 2220. The molecule has 3 saturated heterocycles. The van der Waals surface area contributed by atoms with E-state index in [9.17, 15) is 26.8 Å². The lowest BCUT2D eigenvalue weighted by Gasteiger charge is -2.44. The van der Waals surface area contributed by atoms with Gasteiger partial charge in [-0.3, -0.25) is 9.88 Å². The van der Waals surface area contributed by atoms with Crippen molar-refractivity contribution in [3.63, 3.8) is 0 Å². The Morgan fingerprint density at radius 1 is 0.931 bits per heavy atom. The van der Waals surface area contributed by atoms with Crippen LogP contribution in [0.4, 0.5) is 8.78 Å². The monoisotopic (exact) mass is 859 g/mol. The fourth-order valence-corrected chi connectivity index (χ4v) is 8.91. The second-order valence-corrected chi connectivity index (χ2v) is 17.0. The summed E-state index contributed by atoms with van der Waals surface area (Å²) in [4.78, 5) is 33.7. The number of pyridine rings is 1. The number of sulfonamides is 1. The van der Waals surface area contributed by atoms with Gasteiger partial charge in [0.15, 0.2) is 11.5 Å². The average molecular weight is 861 g/mol. The van der Waals surface area contributed by atoms with E-state index in [1.807, 2.05) is 0 Å². The van der Waals surface area contributed by atoms with Crippen LogP contribution in [0.1, 0.15) is 64.9 Å². The number of alkyl halides is 2. The fraction of sp³-hybridized carbons (Fsp3) is 0.390. The first-order valence-electron chi connectivity index (χ1n) is 18.8. The lowest BCUT2D eigenvalue weighted by molar-refractivity contribution is -0.161. The molecule has 308 valence electrons. The quantitative estimate of drug-likeness (QED) is 0.105. The van der Waals surface area contributed by atoms with E-state index >= 15 is 0 Å². The summed E-state index contributed by atoms with van der Waals surface area (Å²) >= 11 is 12.9. The van der Waals surface area contributed by atoms with E-state index in [4.69, 9.17) is 46.9 Å². The molecule has 1 N–H and O–H groups in total. The van der Waals surface area contributed by atoms with Crippen LogP contribution < -0.4 is 18.9 Å². The Morgan fingerprint density at radius 2 is 1.67 bits per heavy atom. The first-order valence-corrected chi connectivity index (χ1v) is 21.0. The Hall–Kier alpha value is -4.54. The molecule has 3 atom stereocenters. The lowest BCUT2D eigenvalue weighted by atomic mass is 9.86. The van der Waals surface area contributed by atoms with Gasteiger partial charge in [-0.15, -0.1) is 0 Å². The highest BCUT2D eigenvalue weighted by Crippen LogP contribution is 2.39. The van der Waals surface area contributed by atoms with E-state index in [1.165, 1.54) is 55.9 Å². The molecule has 3 aliphatic heterocycles. The molecule has 1 saturated carbocycles. The number of nitrogens with one attached hydrogen (secondary N) is 1. The first-order chi connectivity index (χ1) is 27.9. The number of rotatable bonds is 17. The van der Waals surface area contributed by atoms with Crippen molar-refractivity contribution < 1.29 is 50.5 Å². The number of esters is 2. The van der Waals surface area contributed by atoms with Gasteiger partial charge in [0, 0.05) is 30.9 Å². The van der Waals surface area contributed by atoms with Crippen molar-refractivity contribution in [1.29, 1.82) is 0 Å². The molecular weight excluding hydrogens is 819 g/mol. The maximum absolute atomic E-state index is 14.1. The molecule has 4 aliphatic rings. The minimum atomic E-state index is -4.51. The van der Waals surface area contributed by atoms with Gasteiger partial charge in [0.05, 0.1) is 34.2 Å². The van der Waals surface area contributed by atoms with Crippen LogP contribution in [0.15, 0.2) is 84.0 Å². The van der Waals surface area contributed by atoms with Gasteiger partial charge >= 0.3 is 18.6 Å². The normalized spacial score (nSPS) is 19.9. The van der Waals surface area contributed by atoms with Crippen molar-refractivity contribution in [1.82, 2.24) is 14.6 Å². The van der Waals surface area contributed by atoms with Gasteiger partial charge in [-0.25, -0.2) is 18.0 Å². The number of carbonyl (C=O) groups excluding carboxylic acids is 2. The van der Waals surface area contributed by atoms with Gasteiger partial charge in [-0.2, -0.15) is 13.5 Å². The van der Waals surface area contributed by atoms with E-state index in [2.05, 4.69) is 14.6 Å². The summed E-state index contributed by atoms with van der Waals surface area (Å²) < 4.78 is 85.4. The Labute approximate surface area is 344 Å². The number of ether oxygens (including phenoxy) is 5. The molecule has 17 heteroatoms. The minimum Gasteiger partial charge on any atom is -0.496 e. The smallest absolute Gasteiger partial charge is 0.387 e. The van der Waals surface area contributed by atoms with Crippen LogP contribution >= 0.6 is 23.2 Å². The third kappa shape index (κ3) is 10.0. The maximum atomic E-state index is 14.1. The highest BCUT2D eigenvalue weighted by atomic mass is 35.5. The molecule has 0 amide bonds. The maximum Gasteiger partial charge on any atom is 0.387 e. The van der Waals surface area contributed by atoms with Gasteiger partial charge in [0.25, 0.3) is 0 Å². The predicted molar refractivity (Wildman–Crippen MR) is 209 cm³/mol. The van der Waals surface area contributed by atoms with Crippen molar-refractivity contribution in [3.05, 3.63) is 111 Å². The highest BCUT2D eigenvalue weighted by Gasteiger charge is 2.39. The summed E-state index contributed by atoms with van der Waals surface area (Å²) in [6.07, 6.45) is 4.78. The van der Waals surface area contributed by atoms with Gasteiger partial charge < -0.3 is 23.7 Å². The van der Waals surface area contributed by atoms with Gasteiger partial charge in [0.2, 0.25) is 10.0 Å². The average Bonchev–Trinajstić information content (AvgIpc) is 4.05. The zero-order chi connectivity index (χ0) is 41.0. The molecule has 1 aromatic heterocycles. The topological polar surface area (TPSA) is 143 Å². The second-order valence-electron chi connectivity index (χ2n) is 14.5. The van der Waals surface area contributed by atoms with Crippen molar-refractivity contribution in [2.75, 3.05) is 33.4 Å². The lowest BCUT2D eigenvalue weighted by Crippen LogP contribution is -2.52. The number of halogens is 4. The molecule has 3 aromatic carbocycles. The molecule has 12 nitrogen and oxygen atoms in total. The molecule has 2 bridgehead atoms. The SMILES string of the molecule is COc1ccccc1C(NS(=O)(=O)c1cccc(C(=O)O[C@@H](Cc2c(Cl)cncc2Cl)c2ccc(OC(F)F)c(OCC3CC3)c2)c1)C(=O)O[C@H]1CN2CCC1CC2. The van der Waals surface area contributed by atoms with Crippen molar-refractivity contribution in [2.24, 2.45) is 11.8 Å². The number of fused-ring (bicyclic) bond motifs is 3. The number of hydrogen-bond acceptors (Lipinski definition) is 11. The fourth-order valence-electron chi connectivity index (χ4n) is 7.18. The highest BCUT2D eigenvalue weighted by molar-refractivity contribution is 7.89. The van der Waals surface area contributed by atoms with Crippen LogP contribution in [0.5, 0.6) is 17.2 Å².